The molecule has 0 saturated heterocycles. The number of rotatable bonds is 3. The first-order chi connectivity index (χ1) is 14.7. The average Bonchev–Trinajstić information content (AvgIpc) is 3.05. The second-order valence-electron chi connectivity index (χ2n) is 8.95. The number of carbonyl (C=O) groups is 2. The maximum absolute atomic E-state index is 13.4. The van der Waals surface area contributed by atoms with E-state index in [2.05, 4.69) is 23.8 Å². The van der Waals surface area contributed by atoms with E-state index in [9.17, 15) is 9.59 Å². The van der Waals surface area contributed by atoms with Crippen LogP contribution < -0.4 is 0 Å². The lowest BCUT2D eigenvalue weighted by Gasteiger charge is -2.29. The van der Waals surface area contributed by atoms with E-state index in [-0.39, 0.29) is 12.0 Å². The molecule has 1 aliphatic rings. The van der Waals surface area contributed by atoms with Gasteiger partial charge in [0.05, 0.1) is 17.4 Å². The molecule has 160 valence electrons. The van der Waals surface area contributed by atoms with Gasteiger partial charge >= 0.3 is 5.97 Å². The topological polar surface area (TPSA) is 75.3 Å². The van der Waals surface area contributed by atoms with Gasteiger partial charge in [-0.3, -0.25) is 4.79 Å². The number of amides is 1. The number of aryl methyl sites for hydroxylation is 1. The minimum Gasteiger partial charge on any atom is -0.459 e. The Kier molecular flexibility index (Phi) is 5.17. The Morgan fingerprint density at radius 2 is 1.87 bits per heavy atom. The van der Waals surface area contributed by atoms with Gasteiger partial charge in [-0.15, -0.1) is 0 Å². The van der Waals surface area contributed by atoms with Gasteiger partial charge in [-0.2, -0.15) is 0 Å². The molecular formula is C25H27N3O3. The van der Waals surface area contributed by atoms with Gasteiger partial charge in [0, 0.05) is 35.3 Å². The number of pyridine rings is 1. The van der Waals surface area contributed by atoms with Crippen molar-refractivity contribution in [1.29, 1.82) is 0 Å². The monoisotopic (exact) mass is 417 g/mol. The zero-order valence-electron chi connectivity index (χ0n) is 18.5. The van der Waals surface area contributed by atoms with Gasteiger partial charge in [0.25, 0.3) is 5.91 Å². The highest BCUT2D eigenvalue weighted by Crippen LogP contribution is 2.40. The Balaban J connectivity index is 1.89. The van der Waals surface area contributed by atoms with Crippen molar-refractivity contribution in [2.45, 2.75) is 46.1 Å². The van der Waals surface area contributed by atoms with Crippen LogP contribution >= 0.6 is 0 Å². The SMILES string of the molecule is Cc1ccc(C(=O)N2C=C(C(=O)OC(C)C)c3[nH]c4ncccc4c3C(C)(C)C2)cc1. The maximum atomic E-state index is 13.4. The third kappa shape index (κ3) is 3.85. The lowest BCUT2D eigenvalue weighted by molar-refractivity contribution is -0.140. The molecule has 0 bridgehead atoms. The molecule has 0 spiro atoms. The Labute approximate surface area is 181 Å². The lowest BCUT2D eigenvalue weighted by Crippen LogP contribution is -2.37. The highest BCUT2D eigenvalue weighted by Gasteiger charge is 2.37. The van der Waals surface area contributed by atoms with Crippen LogP contribution in [0.25, 0.3) is 16.6 Å². The van der Waals surface area contributed by atoms with E-state index in [1.54, 1.807) is 17.3 Å². The fourth-order valence-corrected chi connectivity index (χ4v) is 4.12. The van der Waals surface area contributed by atoms with Crippen molar-refractivity contribution in [3.63, 3.8) is 0 Å². The predicted molar refractivity (Wildman–Crippen MR) is 121 cm³/mol. The summed E-state index contributed by atoms with van der Waals surface area (Å²) < 4.78 is 5.53. The van der Waals surface area contributed by atoms with Gasteiger partial charge in [-0.25, -0.2) is 9.78 Å². The highest BCUT2D eigenvalue weighted by atomic mass is 16.5. The zero-order chi connectivity index (χ0) is 22.3. The molecule has 1 aromatic carbocycles. The van der Waals surface area contributed by atoms with E-state index in [4.69, 9.17) is 4.74 Å². The first-order valence-electron chi connectivity index (χ1n) is 10.5. The summed E-state index contributed by atoms with van der Waals surface area (Å²) in [6, 6.07) is 11.3. The van der Waals surface area contributed by atoms with Crippen LogP contribution in [0.4, 0.5) is 0 Å². The standard InChI is InChI=1S/C25H27N3O3/c1-15(2)31-24(30)19-13-28(23(29)17-10-8-16(3)9-11-17)14-25(4,5)20-18-7-6-12-26-22(18)27-21(19)20/h6-13,15H,14H2,1-5H3,(H,26,27). The van der Waals surface area contributed by atoms with Crippen LogP contribution in [0, 0.1) is 6.92 Å². The fourth-order valence-electron chi connectivity index (χ4n) is 4.12. The Hall–Kier alpha value is -3.41. The normalized spacial score (nSPS) is 15.4. The van der Waals surface area contributed by atoms with E-state index < -0.39 is 11.4 Å². The summed E-state index contributed by atoms with van der Waals surface area (Å²) in [4.78, 5) is 35.8. The minimum atomic E-state index is -0.470. The number of ether oxygens (including phenoxy) is 1. The first kappa shape index (κ1) is 20.8. The number of nitrogens with one attached hydrogen (secondary N) is 1. The van der Waals surface area contributed by atoms with Crippen LogP contribution in [0.5, 0.6) is 0 Å². The van der Waals surface area contributed by atoms with Crippen LogP contribution in [0.2, 0.25) is 0 Å². The average molecular weight is 418 g/mol. The smallest absolute Gasteiger partial charge is 0.342 e. The van der Waals surface area contributed by atoms with Gasteiger partial charge in [0.2, 0.25) is 0 Å². The third-order valence-corrected chi connectivity index (χ3v) is 5.49. The van der Waals surface area contributed by atoms with E-state index in [1.165, 1.54) is 0 Å². The third-order valence-electron chi connectivity index (χ3n) is 5.49. The van der Waals surface area contributed by atoms with E-state index in [0.29, 0.717) is 29.0 Å². The summed E-state index contributed by atoms with van der Waals surface area (Å²) in [5, 5.41) is 0.940. The molecule has 0 fully saturated rings. The number of esters is 1. The van der Waals surface area contributed by atoms with Crippen molar-refractivity contribution >= 4 is 28.5 Å². The molecule has 4 rings (SSSR count). The number of carbonyl (C=O) groups excluding carboxylic acids is 2. The molecule has 0 saturated carbocycles. The van der Waals surface area contributed by atoms with Crippen molar-refractivity contribution < 1.29 is 14.3 Å². The lowest BCUT2D eigenvalue weighted by atomic mass is 9.82. The molecule has 0 radical (unpaired) electrons. The zero-order valence-corrected chi connectivity index (χ0v) is 18.5. The second-order valence-corrected chi connectivity index (χ2v) is 8.95. The van der Waals surface area contributed by atoms with Crippen LogP contribution in [0.3, 0.4) is 0 Å². The number of aromatic amines is 1. The van der Waals surface area contributed by atoms with Gasteiger partial charge in [-0.05, 0) is 50.6 Å². The predicted octanol–water partition coefficient (Wildman–Crippen LogP) is 4.60. The van der Waals surface area contributed by atoms with Crippen molar-refractivity contribution in [3.05, 3.63) is 71.2 Å². The molecule has 0 aliphatic carbocycles. The number of hydrogen-bond acceptors (Lipinski definition) is 4. The van der Waals surface area contributed by atoms with Crippen LogP contribution in [-0.4, -0.2) is 39.4 Å². The number of aromatic nitrogens is 2. The number of H-pyrrole nitrogens is 1. The molecular weight excluding hydrogens is 390 g/mol. The van der Waals surface area contributed by atoms with Crippen LogP contribution in [-0.2, 0) is 14.9 Å². The van der Waals surface area contributed by atoms with Crippen molar-refractivity contribution in [3.8, 4) is 0 Å². The van der Waals surface area contributed by atoms with Crippen LogP contribution in [0.1, 0.15) is 54.9 Å². The number of hydrogen-bond donors (Lipinski definition) is 1. The van der Waals surface area contributed by atoms with E-state index in [1.807, 2.05) is 57.2 Å². The number of fused-ring (bicyclic) bond motifs is 3. The first-order valence-corrected chi connectivity index (χ1v) is 10.5. The number of nitrogens with zero attached hydrogens (tertiary/aromatic N) is 2. The van der Waals surface area contributed by atoms with E-state index in [0.717, 1.165) is 16.5 Å². The summed E-state index contributed by atoms with van der Waals surface area (Å²) in [5.41, 5.74) is 3.87. The minimum absolute atomic E-state index is 0.157. The van der Waals surface area contributed by atoms with Crippen molar-refractivity contribution in [2.75, 3.05) is 6.54 Å². The molecule has 6 heteroatoms. The second kappa shape index (κ2) is 7.69. The van der Waals surface area contributed by atoms with Crippen LogP contribution in [0.15, 0.2) is 48.8 Å². The Bertz CT molecular complexity index is 1190. The number of benzene rings is 1. The summed E-state index contributed by atoms with van der Waals surface area (Å²) in [5.74, 6) is -0.627. The quantitative estimate of drug-likeness (QED) is 0.632. The largest absolute Gasteiger partial charge is 0.459 e. The van der Waals surface area contributed by atoms with E-state index >= 15 is 0 Å². The maximum Gasteiger partial charge on any atom is 0.342 e. The summed E-state index contributed by atoms with van der Waals surface area (Å²) in [6.07, 6.45) is 3.06. The van der Waals surface area contributed by atoms with Gasteiger partial charge < -0.3 is 14.6 Å². The summed E-state index contributed by atoms with van der Waals surface area (Å²) >= 11 is 0. The summed E-state index contributed by atoms with van der Waals surface area (Å²) in [7, 11) is 0. The molecule has 6 nitrogen and oxygen atoms in total. The van der Waals surface area contributed by atoms with Crippen molar-refractivity contribution in [1.82, 2.24) is 14.9 Å². The summed E-state index contributed by atoms with van der Waals surface area (Å²) in [6.45, 7) is 10.2. The Morgan fingerprint density at radius 3 is 2.55 bits per heavy atom. The van der Waals surface area contributed by atoms with Gasteiger partial charge in [-0.1, -0.05) is 31.5 Å². The molecule has 1 N–H and O–H groups in total. The molecule has 2 aromatic heterocycles. The highest BCUT2D eigenvalue weighted by molar-refractivity contribution is 6.18. The molecule has 0 unspecified atom stereocenters. The fraction of sp³-hybridized carbons (Fsp3) is 0.320. The molecule has 0 atom stereocenters. The molecule has 1 aliphatic heterocycles. The van der Waals surface area contributed by atoms with Gasteiger partial charge in [0.1, 0.15) is 5.65 Å². The molecule has 3 aromatic rings. The van der Waals surface area contributed by atoms with Crippen molar-refractivity contribution in [2.24, 2.45) is 0 Å². The van der Waals surface area contributed by atoms with Gasteiger partial charge in [0.15, 0.2) is 0 Å². The Morgan fingerprint density at radius 1 is 1.16 bits per heavy atom. The molecule has 1 amide bonds. The molecule has 31 heavy (non-hydrogen) atoms. The molecule has 3 heterocycles.